The molecular weight excluding hydrogens is 361 g/mol. The normalized spacial score (nSPS) is 11.6. The molecule has 0 spiro atoms. The van der Waals surface area contributed by atoms with E-state index < -0.39 is 23.6 Å². The molecule has 0 bridgehead atoms. The number of halogens is 3. The second-order valence-corrected chi connectivity index (χ2v) is 6.01. The van der Waals surface area contributed by atoms with Crippen molar-refractivity contribution in [3.05, 3.63) is 65.4 Å². The molecular formula is C19H15F3N2O3. The van der Waals surface area contributed by atoms with Crippen molar-refractivity contribution in [2.75, 3.05) is 5.32 Å². The number of nitrogens with one attached hydrogen (secondary N) is 1. The van der Waals surface area contributed by atoms with Crippen molar-refractivity contribution >= 4 is 28.5 Å². The summed E-state index contributed by atoms with van der Waals surface area (Å²) < 4.78 is 39.8. The number of alkyl halides is 3. The highest BCUT2D eigenvalue weighted by atomic mass is 19.4. The third-order valence-corrected chi connectivity index (χ3v) is 4.23. The lowest BCUT2D eigenvalue weighted by Crippen LogP contribution is -2.17. The second-order valence-electron chi connectivity index (χ2n) is 6.01. The molecule has 8 heteroatoms. The van der Waals surface area contributed by atoms with E-state index in [1.165, 1.54) is 16.7 Å². The van der Waals surface area contributed by atoms with E-state index in [9.17, 15) is 27.9 Å². The van der Waals surface area contributed by atoms with E-state index in [1.807, 2.05) is 0 Å². The maximum Gasteiger partial charge on any atom is 0.416 e. The summed E-state index contributed by atoms with van der Waals surface area (Å²) in [6, 6.07) is 11.2. The summed E-state index contributed by atoms with van der Waals surface area (Å²) in [7, 11) is 1.58. The number of hydrogen-bond acceptors (Lipinski definition) is 2. The zero-order valence-electron chi connectivity index (χ0n) is 14.2. The number of carboxylic acid groups (broad SMARTS) is 1. The molecule has 0 atom stereocenters. The molecule has 27 heavy (non-hydrogen) atoms. The van der Waals surface area contributed by atoms with Gasteiger partial charge in [0.2, 0.25) is 5.91 Å². The van der Waals surface area contributed by atoms with Gasteiger partial charge < -0.3 is 15.0 Å². The lowest BCUT2D eigenvalue weighted by atomic mass is 10.1. The molecule has 0 saturated carbocycles. The lowest BCUT2D eigenvalue weighted by Gasteiger charge is -2.10. The molecule has 1 heterocycles. The van der Waals surface area contributed by atoms with Gasteiger partial charge in [0.05, 0.1) is 12.0 Å². The van der Waals surface area contributed by atoms with Crippen molar-refractivity contribution in [2.45, 2.75) is 12.6 Å². The number of aromatic carboxylic acids is 1. The molecule has 0 radical (unpaired) electrons. The van der Waals surface area contributed by atoms with Crippen LogP contribution in [0.2, 0.25) is 0 Å². The summed E-state index contributed by atoms with van der Waals surface area (Å²) >= 11 is 0. The Bertz CT molecular complexity index is 1040. The monoisotopic (exact) mass is 376 g/mol. The van der Waals surface area contributed by atoms with Crippen LogP contribution in [-0.4, -0.2) is 21.6 Å². The highest BCUT2D eigenvalue weighted by Gasteiger charge is 2.30. The molecule has 2 N–H and O–H groups in total. The lowest BCUT2D eigenvalue weighted by molar-refractivity contribution is -0.137. The Morgan fingerprint density at radius 3 is 2.48 bits per heavy atom. The van der Waals surface area contributed by atoms with E-state index >= 15 is 0 Å². The number of nitrogens with zero attached hydrogens (tertiary/aromatic N) is 1. The second kappa shape index (κ2) is 6.79. The van der Waals surface area contributed by atoms with Gasteiger partial charge >= 0.3 is 12.1 Å². The number of hydrogen-bond donors (Lipinski definition) is 2. The Labute approximate surface area is 152 Å². The van der Waals surface area contributed by atoms with Gasteiger partial charge in [-0.15, -0.1) is 0 Å². The number of rotatable bonds is 4. The van der Waals surface area contributed by atoms with Crippen LogP contribution in [-0.2, 0) is 24.4 Å². The minimum atomic E-state index is -4.52. The van der Waals surface area contributed by atoms with E-state index in [2.05, 4.69) is 5.32 Å². The summed E-state index contributed by atoms with van der Waals surface area (Å²) in [4.78, 5) is 24.0. The standard InChI is InChI=1S/C19H15F3N2O3/c1-24-15-8-3-2-7-13(15)14(17(24)18(26)27)10-16(25)23-12-6-4-5-11(9-12)19(20,21)22/h2-9H,10H2,1H3,(H,23,25)(H,26,27). The molecule has 5 nitrogen and oxygen atoms in total. The highest BCUT2D eigenvalue weighted by Crippen LogP contribution is 2.31. The number of carboxylic acids is 1. The number of para-hydroxylation sites is 1. The fourth-order valence-corrected chi connectivity index (χ4v) is 3.06. The number of amides is 1. The van der Waals surface area contributed by atoms with E-state index in [4.69, 9.17) is 0 Å². The first-order valence-electron chi connectivity index (χ1n) is 7.95. The predicted octanol–water partition coefficient (Wildman–Crippen LogP) is 4.08. The van der Waals surface area contributed by atoms with Crippen LogP contribution < -0.4 is 5.32 Å². The van der Waals surface area contributed by atoms with Crippen molar-refractivity contribution < 1.29 is 27.9 Å². The van der Waals surface area contributed by atoms with Gasteiger partial charge in [0.1, 0.15) is 5.69 Å². The zero-order valence-corrected chi connectivity index (χ0v) is 14.2. The predicted molar refractivity (Wildman–Crippen MR) is 93.7 cm³/mol. The molecule has 140 valence electrons. The summed E-state index contributed by atoms with van der Waals surface area (Å²) in [6.45, 7) is 0. The number of carbonyl (C=O) groups is 2. The van der Waals surface area contributed by atoms with Crippen LogP contribution in [0.15, 0.2) is 48.5 Å². The van der Waals surface area contributed by atoms with Gasteiger partial charge in [0.25, 0.3) is 0 Å². The molecule has 2 aromatic carbocycles. The molecule has 0 aliphatic carbocycles. The van der Waals surface area contributed by atoms with Crippen LogP contribution in [0.5, 0.6) is 0 Å². The Hall–Kier alpha value is -3.29. The van der Waals surface area contributed by atoms with Gasteiger partial charge in [0.15, 0.2) is 0 Å². The number of aryl methyl sites for hydroxylation is 1. The average molecular weight is 376 g/mol. The number of carbonyl (C=O) groups excluding carboxylic acids is 1. The molecule has 3 rings (SSSR count). The molecule has 0 unspecified atom stereocenters. The third-order valence-electron chi connectivity index (χ3n) is 4.23. The first-order valence-corrected chi connectivity index (χ1v) is 7.95. The van der Waals surface area contributed by atoms with Crippen LogP contribution in [0, 0.1) is 0 Å². The van der Waals surface area contributed by atoms with E-state index in [0.717, 1.165) is 12.1 Å². The summed E-state index contributed by atoms with van der Waals surface area (Å²) in [6.07, 6.45) is -4.80. The minimum absolute atomic E-state index is 0.00747. The summed E-state index contributed by atoms with van der Waals surface area (Å²) in [5.41, 5.74) is 0.0425. The average Bonchev–Trinajstić information content (AvgIpc) is 2.87. The van der Waals surface area contributed by atoms with Crippen molar-refractivity contribution in [2.24, 2.45) is 7.05 Å². The first-order chi connectivity index (χ1) is 12.7. The van der Waals surface area contributed by atoms with Gasteiger partial charge in [-0.2, -0.15) is 13.2 Å². The number of anilines is 1. The third kappa shape index (κ3) is 3.64. The number of aromatic nitrogens is 1. The van der Waals surface area contributed by atoms with E-state index in [1.54, 1.807) is 31.3 Å². The fourth-order valence-electron chi connectivity index (χ4n) is 3.06. The molecule has 1 aromatic heterocycles. The maximum absolute atomic E-state index is 12.8. The van der Waals surface area contributed by atoms with Crippen LogP contribution in [0.3, 0.4) is 0 Å². The van der Waals surface area contributed by atoms with Gasteiger partial charge in [0, 0.05) is 29.2 Å². The fraction of sp³-hybridized carbons (Fsp3) is 0.158. The highest BCUT2D eigenvalue weighted by molar-refractivity contribution is 6.02. The van der Waals surface area contributed by atoms with Crippen molar-refractivity contribution in [3.63, 3.8) is 0 Å². The van der Waals surface area contributed by atoms with Crippen molar-refractivity contribution in [1.29, 1.82) is 0 Å². The Kier molecular flexibility index (Phi) is 4.65. The first kappa shape index (κ1) is 18.5. The zero-order chi connectivity index (χ0) is 19.8. The van der Waals surface area contributed by atoms with Crippen LogP contribution >= 0.6 is 0 Å². The minimum Gasteiger partial charge on any atom is -0.477 e. The van der Waals surface area contributed by atoms with Gasteiger partial charge in [-0.3, -0.25) is 4.79 Å². The summed E-state index contributed by atoms with van der Waals surface area (Å²) in [5, 5.41) is 12.5. The van der Waals surface area contributed by atoms with Crippen molar-refractivity contribution in [3.8, 4) is 0 Å². The largest absolute Gasteiger partial charge is 0.477 e. The van der Waals surface area contributed by atoms with Crippen molar-refractivity contribution in [1.82, 2.24) is 4.57 Å². The molecule has 3 aromatic rings. The van der Waals surface area contributed by atoms with E-state index in [-0.39, 0.29) is 17.8 Å². The quantitative estimate of drug-likeness (QED) is 0.721. The van der Waals surface area contributed by atoms with Crippen LogP contribution in [0.4, 0.5) is 18.9 Å². The van der Waals surface area contributed by atoms with E-state index in [0.29, 0.717) is 16.5 Å². The Balaban J connectivity index is 1.91. The number of benzene rings is 2. The molecule has 0 aliphatic rings. The Morgan fingerprint density at radius 2 is 1.81 bits per heavy atom. The van der Waals surface area contributed by atoms with Gasteiger partial charge in [-0.1, -0.05) is 24.3 Å². The number of fused-ring (bicyclic) bond motifs is 1. The van der Waals surface area contributed by atoms with Crippen LogP contribution in [0.25, 0.3) is 10.9 Å². The summed E-state index contributed by atoms with van der Waals surface area (Å²) in [5.74, 6) is -1.79. The molecule has 0 aliphatic heterocycles. The Morgan fingerprint density at radius 1 is 1.11 bits per heavy atom. The topological polar surface area (TPSA) is 71.3 Å². The van der Waals surface area contributed by atoms with Gasteiger partial charge in [-0.05, 0) is 24.3 Å². The molecule has 1 amide bonds. The SMILES string of the molecule is Cn1c(C(=O)O)c(CC(=O)Nc2cccc(C(F)(F)F)c2)c2ccccc21. The molecule has 0 fully saturated rings. The molecule has 0 saturated heterocycles. The van der Waals surface area contributed by atoms with Gasteiger partial charge in [-0.25, -0.2) is 4.79 Å². The smallest absolute Gasteiger partial charge is 0.416 e. The van der Waals surface area contributed by atoms with Crippen LogP contribution in [0.1, 0.15) is 21.6 Å². The maximum atomic E-state index is 12.8.